The number of fused-ring (bicyclic) bond motifs is 1. The van der Waals surface area contributed by atoms with Crippen LogP contribution < -0.4 is 0 Å². The predicted molar refractivity (Wildman–Crippen MR) is 165 cm³/mol. The molecule has 6 rings (SSSR count). The van der Waals surface area contributed by atoms with Gasteiger partial charge in [0.05, 0.1) is 23.0 Å². The van der Waals surface area contributed by atoms with Crippen molar-refractivity contribution in [1.82, 2.24) is 14.7 Å². The first-order valence-electron chi connectivity index (χ1n) is 14.7. The maximum absolute atomic E-state index is 13.7. The summed E-state index contributed by atoms with van der Waals surface area (Å²) in [6.07, 6.45) is 4.84. The summed E-state index contributed by atoms with van der Waals surface area (Å²) in [5, 5.41) is 1.11. The van der Waals surface area contributed by atoms with Crippen molar-refractivity contribution >= 4 is 40.9 Å². The highest BCUT2D eigenvalue weighted by molar-refractivity contribution is 6.33. The number of aryl methyl sites for hydroxylation is 1. The van der Waals surface area contributed by atoms with E-state index < -0.39 is 0 Å². The standard InChI is InChI=1S/C34H35Cl2N3O3/c1-37(33(42)27-4-2-3-5-29(27)36)30-13-10-24-8-9-25(21-28(24)30)32(41)39-19-16-34(22-39)14-17-38(18-15-34)31(40)20-23-6-11-26(35)12-7-23/h2-9,11-12,21,30H,10,13-20,22H2,1H3. The van der Waals surface area contributed by atoms with E-state index >= 15 is 0 Å². The van der Waals surface area contributed by atoms with Gasteiger partial charge in [0, 0.05) is 43.8 Å². The van der Waals surface area contributed by atoms with Crippen LogP contribution in [-0.4, -0.2) is 65.6 Å². The molecule has 6 nitrogen and oxygen atoms in total. The lowest BCUT2D eigenvalue weighted by molar-refractivity contribution is -0.132. The van der Waals surface area contributed by atoms with Crippen LogP contribution in [0, 0.1) is 5.41 Å². The number of halogens is 2. The van der Waals surface area contributed by atoms with Gasteiger partial charge in [0.1, 0.15) is 0 Å². The molecule has 0 radical (unpaired) electrons. The molecule has 3 aromatic carbocycles. The molecule has 1 atom stereocenters. The molecular weight excluding hydrogens is 569 g/mol. The number of hydrogen-bond donors (Lipinski definition) is 0. The molecule has 3 aliphatic rings. The highest BCUT2D eigenvalue weighted by Crippen LogP contribution is 2.42. The van der Waals surface area contributed by atoms with E-state index in [-0.39, 0.29) is 29.2 Å². The van der Waals surface area contributed by atoms with Crippen molar-refractivity contribution in [3.05, 3.63) is 105 Å². The lowest BCUT2D eigenvalue weighted by atomic mass is 9.77. The van der Waals surface area contributed by atoms with Crippen molar-refractivity contribution in [2.45, 2.75) is 44.6 Å². The topological polar surface area (TPSA) is 60.9 Å². The molecule has 3 aromatic rings. The number of likely N-dealkylation sites (tertiary alicyclic amines) is 2. The summed E-state index contributed by atoms with van der Waals surface area (Å²) in [7, 11) is 1.82. The second-order valence-electron chi connectivity index (χ2n) is 12.0. The molecule has 8 heteroatoms. The van der Waals surface area contributed by atoms with Crippen LogP contribution in [0.4, 0.5) is 0 Å². The zero-order valence-corrected chi connectivity index (χ0v) is 25.3. The van der Waals surface area contributed by atoms with Crippen LogP contribution in [0.2, 0.25) is 10.0 Å². The SMILES string of the molecule is CN(C(=O)c1ccccc1Cl)C1CCc2ccc(C(=O)N3CCC4(CCN(C(=O)Cc5ccc(Cl)cc5)CC4)C3)cc21. The van der Waals surface area contributed by atoms with Crippen LogP contribution in [0.25, 0.3) is 0 Å². The van der Waals surface area contributed by atoms with Crippen molar-refractivity contribution in [3.63, 3.8) is 0 Å². The Morgan fingerprint density at radius 3 is 2.31 bits per heavy atom. The molecule has 0 N–H and O–H groups in total. The van der Waals surface area contributed by atoms with Crippen LogP contribution >= 0.6 is 23.2 Å². The van der Waals surface area contributed by atoms with Crippen LogP contribution in [-0.2, 0) is 17.6 Å². The summed E-state index contributed by atoms with van der Waals surface area (Å²) in [5.74, 6) is 0.0695. The van der Waals surface area contributed by atoms with E-state index in [0.717, 1.165) is 69.4 Å². The van der Waals surface area contributed by atoms with Crippen molar-refractivity contribution in [2.24, 2.45) is 5.41 Å². The molecule has 2 aliphatic heterocycles. The van der Waals surface area contributed by atoms with E-state index in [4.69, 9.17) is 23.2 Å². The number of piperidine rings is 1. The van der Waals surface area contributed by atoms with Crippen LogP contribution in [0.15, 0.2) is 66.7 Å². The van der Waals surface area contributed by atoms with Crippen molar-refractivity contribution < 1.29 is 14.4 Å². The fourth-order valence-corrected chi connectivity index (χ4v) is 7.24. The van der Waals surface area contributed by atoms with Gasteiger partial charge in [-0.3, -0.25) is 14.4 Å². The number of benzene rings is 3. The Morgan fingerprint density at radius 1 is 0.905 bits per heavy atom. The van der Waals surface area contributed by atoms with E-state index in [9.17, 15) is 14.4 Å². The average molecular weight is 605 g/mol. The number of carbonyl (C=O) groups excluding carboxylic acids is 3. The Labute approximate surface area is 257 Å². The molecule has 218 valence electrons. The van der Waals surface area contributed by atoms with Gasteiger partial charge >= 0.3 is 0 Å². The molecule has 1 aliphatic carbocycles. The van der Waals surface area contributed by atoms with Crippen LogP contribution in [0.1, 0.15) is 69.1 Å². The van der Waals surface area contributed by atoms with Gasteiger partial charge in [-0.15, -0.1) is 0 Å². The molecule has 3 amide bonds. The van der Waals surface area contributed by atoms with Gasteiger partial charge in [-0.05, 0) is 90.6 Å². The third kappa shape index (κ3) is 5.67. The summed E-state index contributed by atoms with van der Waals surface area (Å²) >= 11 is 12.3. The molecule has 1 spiro atoms. The summed E-state index contributed by atoms with van der Waals surface area (Å²) < 4.78 is 0. The molecule has 0 saturated carbocycles. The zero-order chi connectivity index (χ0) is 29.4. The van der Waals surface area contributed by atoms with Gasteiger partial charge in [0.2, 0.25) is 5.91 Å². The fourth-order valence-electron chi connectivity index (χ4n) is 6.90. The second-order valence-corrected chi connectivity index (χ2v) is 12.9. The van der Waals surface area contributed by atoms with Crippen LogP contribution in [0.5, 0.6) is 0 Å². The van der Waals surface area contributed by atoms with Crippen LogP contribution in [0.3, 0.4) is 0 Å². The molecule has 2 heterocycles. The van der Waals surface area contributed by atoms with Gasteiger partial charge in [0.15, 0.2) is 0 Å². The van der Waals surface area contributed by atoms with Crippen molar-refractivity contribution in [2.75, 3.05) is 33.2 Å². The number of hydrogen-bond acceptors (Lipinski definition) is 3. The van der Waals surface area contributed by atoms with E-state index in [1.54, 1.807) is 17.0 Å². The summed E-state index contributed by atoms with van der Waals surface area (Å²) in [6, 6.07) is 20.4. The Morgan fingerprint density at radius 2 is 1.60 bits per heavy atom. The van der Waals surface area contributed by atoms with Gasteiger partial charge in [-0.2, -0.15) is 0 Å². The predicted octanol–water partition coefficient (Wildman–Crippen LogP) is 6.45. The quantitative estimate of drug-likeness (QED) is 0.337. The largest absolute Gasteiger partial charge is 0.342 e. The molecular formula is C34H35Cl2N3O3. The monoisotopic (exact) mass is 603 g/mol. The average Bonchev–Trinajstić information content (AvgIpc) is 3.62. The zero-order valence-electron chi connectivity index (χ0n) is 23.8. The van der Waals surface area contributed by atoms with Crippen molar-refractivity contribution in [3.8, 4) is 0 Å². The molecule has 0 bridgehead atoms. The number of amides is 3. The lowest BCUT2D eigenvalue weighted by Crippen LogP contribution is -2.45. The first kappa shape index (κ1) is 28.8. The minimum atomic E-state index is -0.116. The van der Waals surface area contributed by atoms with Gasteiger partial charge < -0.3 is 14.7 Å². The molecule has 1 unspecified atom stereocenters. The normalized spacial score (nSPS) is 19.2. The summed E-state index contributed by atoms with van der Waals surface area (Å²) in [6.45, 7) is 2.89. The molecule has 2 saturated heterocycles. The van der Waals surface area contributed by atoms with Gasteiger partial charge in [-0.1, -0.05) is 53.5 Å². The third-order valence-electron chi connectivity index (χ3n) is 9.50. The Kier molecular flexibility index (Phi) is 8.03. The molecule has 42 heavy (non-hydrogen) atoms. The minimum absolute atomic E-state index is 0.0432. The highest BCUT2D eigenvalue weighted by Gasteiger charge is 2.43. The van der Waals surface area contributed by atoms with Gasteiger partial charge in [-0.25, -0.2) is 0 Å². The van der Waals surface area contributed by atoms with Gasteiger partial charge in [0.25, 0.3) is 11.8 Å². The van der Waals surface area contributed by atoms with E-state index in [2.05, 4.69) is 0 Å². The molecule has 2 fully saturated rings. The van der Waals surface area contributed by atoms with E-state index in [1.165, 1.54) is 5.56 Å². The second kappa shape index (κ2) is 11.7. The Bertz CT molecular complexity index is 1510. The maximum atomic E-state index is 13.7. The first-order valence-corrected chi connectivity index (χ1v) is 15.4. The third-order valence-corrected chi connectivity index (χ3v) is 10.1. The summed E-state index contributed by atoms with van der Waals surface area (Å²) in [5.41, 5.74) is 4.43. The fraction of sp³-hybridized carbons (Fsp3) is 0.382. The number of nitrogens with zero attached hydrogens (tertiary/aromatic N) is 3. The van der Waals surface area contributed by atoms with E-state index in [1.807, 2.05) is 71.4 Å². The Balaban J connectivity index is 1.09. The maximum Gasteiger partial charge on any atom is 0.255 e. The van der Waals surface area contributed by atoms with E-state index in [0.29, 0.717) is 27.6 Å². The smallest absolute Gasteiger partial charge is 0.255 e. The highest BCUT2D eigenvalue weighted by atomic mass is 35.5. The first-order chi connectivity index (χ1) is 20.2. The number of rotatable bonds is 5. The Hall–Kier alpha value is -3.35. The number of carbonyl (C=O) groups is 3. The summed E-state index contributed by atoms with van der Waals surface area (Å²) in [4.78, 5) is 45.6. The van der Waals surface area contributed by atoms with Crippen molar-refractivity contribution in [1.29, 1.82) is 0 Å². The minimum Gasteiger partial charge on any atom is -0.342 e. The molecule has 0 aromatic heterocycles. The lowest BCUT2D eigenvalue weighted by Gasteiger charge is -2.39.